The largest absolute Gasteiger partial charge is 0.393 e. The number of hydrogen-bond acceptors (Lipinski definition) is 5. The van der Waals surface area contributed by atoms with Gasteiger partial charge in [-0.25, -0.2) is 0 Å². The van der Waals surface area contributed by atoms with Crippen LogP contribution in [0.2, 0.25) is 0 Å². The summed E-state index contributed by atoms with van der Waals surface area (Å²) in [6.45, 7) is 7.73. The minimum Gasteiger partial charge on any atom is -0.393 e. The van der Waals surface area contributed by atoms with Gasteiger partial charge >= 0.3 is 6.01 Å². The van der Waals surface area contributed by atoms with Crippen LogP contribution in [0.15, 0.2) is 4.52 Å². The summed E-state index contributed by atoms with van der Waals surface area (Å²) in [5.74, 6) is 1.46. The zero-order valence-electron chi connectivity index (χ0n) is 10.8. The van der Waals surface area contributed by atoms with Crippen molar-refractivity contribution in [1.29, 1.82) is 0 Å². The molecule has 2 heterocycles. The molecular formula is C12H21N3O2. The smallest absolute Gasteiger partial charge is 0.324 e. The first kappa shape index (κ1) is 12.4. The first-order chi connectivity index (χ1) is 8.08. The van der Waals surface area contributed by atoms with Gasteiger partial charge in [0.25, 0.3) is 0 Å². The van der Waals surface area contributed by atoms with E-state index >= 15 is 0 Å². The van der Waals surface area contributed by atoms with Crippen molar-refractivity contribution in [3.05, 3.63) is 5.82 Å². The van der Waals surface area contributed by atoms with Gasteiger partial charge in [-0.3, -0.25) is 0 Å². The van der Waals surface area contributed by atoms with Crippen molar-refractivity contribution >= 4 is 6.01 Å². The summed E-state index contributed by atoms with van der Waals surface area (Å²) in [6, 6.07) is 0.623. The second-order valence-electron chi connectivity index (χ2n) is 5.15. The van der Waals surface area contributed by atoms with Crippen LogP contribution < -0.4 is 4.90 Å². The first-order valence-corrected chi connectivity index (χ1v) is 6.34. The molecule has 5 nitrogen and oxygen atoms in total. The molecular weight excluding hydrogens is 218 g/mol. The zero-order chi connectivity index (χ0) is 12.4. The molecule has 0 aromatic carbocycles. The van der Waals surface area contributed by atoms with E-state index in [0.29, 0.717) is 17.9 Å². The molecule has 0 saturated carbocycles. The fraction of sp³-hybridized carbons (Fsp3) is 0.833. The van der Waals surface area contributed by atoms with Crippen molar-refractivity contribution in [1.82, 2.24) is 10.1 Å². The quantitative estimate of drug-likeness (QED) is 0.871. The van der Waals surface area contributed by atoms with Crippen molar-refractivity contribution in [3.63, 3.8) is 0 Å². The SMILES string of the molecule is CC(C)c1noc(N2CCC(C(C)O)CC2)n1. The molecule has 1 aromatic rings. The highest BCUT2D eigenvalue weighted by molar-refractivity contribution is 5.26. The van der Waals surface area contributed by atoms with Crippen molar-refractivity contribution < 1.29 is 9.63 Å². The first-order valence-electron chi connectivity index (χ1n) is 6.34. The van der Waals surface area contributed by atoms with Crippen LogP contribution >= 0.6 is 0 Å². The van der Waals surface area contributed by atoms with Gasteiger partial charge in [0, 0.05) is 19.0 Å². The van der Waals surface area contributed by atoms with Gasteiger partial charge in [0.2, 0.25) is 0 Å². The van der Waals surface area contributed by atoms with Crippen LogP contribution in [-0.4, -0.2) is 34.4 Å². The van der Waals surface area contributed by atoms with E-state index in [2.05, 4.69) is 15.0 Å². The molecule has 0 bridgehead atoms. The molecule has 17 heavy (non-hydrogen) atoms. The molecule has 1 aromatic heterocycles. The molecule has 0 radical (unpaired) electrons. The number of aliphatic hydroxyl groups excluding tert-OH is 1. The Morgan fingerprint density at radius 2 is 1.94 bits per heavy atom. The second kappa shape index (κ2) is 5.04. The summed E-state index contributed by atoms with van der Waals surface area (Å²) in [5, 5.41) is 13.5. The topological polar surface area (TPSA) is 62.4 Å². The summed E-state index contributed by atoms with van der Waals surface area (Å²) in [5.41, 5.74) is 0. The summed E-state index contributed by atoms with van der Waals surface area (Å²) >= 11 is 0. The lowest BCUT2D eigenvalue weighted by atomic mass is 9.92. The molecule has 1 aliphatic heterocycles. The number of piperidine rings is 1. The maximum absolute atomic E-state index is 9.54. The van der Waals surface area contributed by atoms with Gasteiger partial charge in [0.1, 0.15) is 0 Å². The minimum atomic E-state index is -0.217. The van der Waals surface area contributed by atoms with Gasteiger partial charge in [0.15, 0.2) is 5.82 Å². The van der Waals surface area contributed by atoms with Crippen molar-refractivity contribution in [2.75, 3.05) is 18.0 Å². The van der Waals surface area contributed by atoms with E-state index in [1.165, 1.54) is 0 Å². The number of hydrogen-bond donors (Lipinski definition) is 1. The van der Waals surface area contributed by atoms with E-state index in [-0.39, 0.29) is 6.10 Å². The molecule has 5 heteroatoms. The van der Waals surface area contributed by atoms with Crippen LogP contribution in [0.5, 0.6) is 0 Å². The fourth-order valence-corrected chi connectivity index (χ4v) is 2.16. The molecule has 1 N–H and O–H groups in total. The molecule has 1 aliphatic rings. The summed E-state index contributed by atoms with van der Waals surface area (Å²) in [6.07, 6.45) is 1.75. The van der Waals surface area contributed by atoms with E-state index in [1.807, 2.05) is 20.8 Å². The summed E-state index contributed by atoms with van der Waals surface area (Å²) in [7, 11) is 0. The Bertz CT molecular complexity index is 354. The van der Waals surface area contributed by atoms with E-state index in [0.717, 1.165) is 31.8 Å². The Morgan fingerprint density at radius 1 is 1.29 bits per heavy atom. The van der Waals surface area contributed by atoms with Gasteiger partial charge < -0.3 is 14.5 Å². The third-order valence-electron chi connectivity index (χ3n) is 3.44. The molecule has 2 rings (SSSR count). The zero-order valence-corrected chi connectivity index (χ0v) is 10.8. The molecule has 1 fully saturated rings. The molecule has 1 saturated heterocycles. The Morgan fingerprint density at radius 3 is 2.41 bits per heavy atom. The number of rotatable bonds is 3. The highest BCUT2D eigenvalue weighted by Gasteiger charge is 2.25. The average molecular weight is 239 g/mol. The van der Waals surface area contributed by atoms with Crippen LogP contribution in [0.4, 0.5) is 6.01 Å². The third kappa shape index (κ3) is 2.77. The van der Waals surface area contributed by atoms with Crippen molar-refractivity contribution in [2.45, 2.75) is 45.6 Å². The van der Waals surface area contributed by atoms with Crippen LogP contribution in [0, 0.1) is 5.92 Å². The Balaban J connectivity index is 1.96. The summed E-state index contributed by atoms with van der Waals surface area (Å²) < 4.78 is 5.26. The van der Waals surface area contributed by atoms with Gasteiger partial charge in [-0.15, -0.1) is 0 Å². The van der Waals surface area contributed by atoms with E-state index in [1.54, 1.807) is 0 Å². The highest BCUT2D eigenvalue weighted by Crippen LogP contribution is 2.25. The van der Waals surface area contributed by atoms with Crippen molar-refractivity contribution in [2.24, 2.45) is 5.92 Å². The summed E-state index contributed by atoms with van der Waals surface area (Å²) in [4.78, 5) is 6.50. The second-order valence-corrected chi connectivity index (χ2v) is 5.15. The Hall–Kier alpha value is -1.10. The average Bonchev–Trinajstić information content (AvgIpc) is 2.78. The molecule has 1 unspecified atom stereocenters. The van der Waals surface area contributed by atoms with Gasteiger partial charge in [0.05, 0.1) is 6.10 Å². The third-order valence-corrected chi connectivity index (χ3v) is 3.44. The Kier molecular flexibility index (Phi) is 3.66. The standard InChI is InChI=1S/C12H21N3O2/c1-8(2)11-13-12(17-14-11)15-6-4-10(5-7-15)9(3)16/h8-10,16H,4-7H2,1-3H3. The molecule has 1 atom stereocenters. The molecule has 96 valence electrons. The van der Waals surface area contributed by atoms with Gasteiger partial charge in [-0.2, -0.15) is 4.98 Å². The van der Waals surface area contributed by atoms with Crippen LogP contribution in [0.1, 0.15) is 45.4 Å². The molecule has 0 aliphatic carbocycles. The maximum atomic E-state index is 9.54. The lowest BCUT2D eigenvalue weighted by Crippen LogP contribution is -2.37. The number of aliphatic hydroxyl groups is 1. The Labute approximate surface area is 102 Å². The van der Waals surface area contributed by atoms with Crippen molar-refractivity contribution in [3.8, 4) is 0 Å². The molecule has 0 amide bonds. The number of nitrogens with zero attached hydrogens (tertiary/aromatic N) is 3. The predicted molar refractivity (Wildman–Crippen MR) is 65.0 cm³/mol. The predicted octanol–water partition coefficient (Wildman–Crippen LogP) is 1.79. The van der Waals surface area contributed by atoms with Crippen LogP contribution in [0.25, 0.3) is 0 Å². The number of anilines is 1. The van der Waals surface area contributed by atoms with E-state index in [9.17, 15) is 5.11 Å². The highest BCUT2D eigenvalue weighted by atomic mass is 16.5. The lowest BCUT2D eigenvalue weighted by Gasteiger charge is -2.31. The normalized spacial score (nSPS) is 19.9. The van der Waals surface area contributed by atoms with Crippen LogP contribution in [-0.2, 0) is 0 Å². The molecule has 0 spiro atoms. The van der Waals surface area contributed by atoms with E-state index < -0.39 is 0 Å². The minimum absolute atomic E-state index is 0.217. The fourth-order valence-electron chi connectivity index (χ4n) is 2.16. The maximum Gasteiger partial charge on any atom is 0.324 e. The number of aromatic nitrogens is 2. The van der Waals surface area contributed by atoms with E-state index in [4.69, 9.17) is 4.52 Å². The van der Waals surface area contributed by atoms with Gasteiger partial charge in [-0.05, 0) is 25.7 Å². The lowest BCUT2D eigenvalue weighted by molar-refractivity contribution is 0.109. The van der Waals surface area contributed by atoms with Crippen LogP contribution in [0.3, 0.4) is 0 Å². The monoisotopic (exact) mass is 239 g/mol. The van der Waals surface area contributed by atoms with Gasteiger partial charge in [-0.1, -0.05) is 19.0 Å².